The summed E-state index contributed by atoms with van der Waals surface area (Å²) in [5, 5.41) is 17.1. The Balaban J connectivity index is 2.10. The van der Waals surface area contributed by atoms with Crippen LogP contribution in [0.3, 0.4) is 0 Å². The molecule has 2 N–H and O–H groups in total. The summed E-state index contributed by atoms with van der Waals surface area (Å²) < 4.78 is 1.93. The minimum absolute atomic E-state index is 0.186. The number of carbonyl (C=O) groups is 1. The van der Waals surface area contributed by atoms with E-state index in [0.29, 0.717) is 5.56 Å². The first kappa shape index (κ1) is 12.3. The predicted octanol–water partition coefficient (Wildman–Crippen LogP) is 1.07. The standard InChI is InChI=1S/C11H16N6O/c1-7(2)17-6-14-16-10(17)8(3)15-11(18)9-4-12-13-5-9/h4-8H,1-3H3,(H,12,13)(H,15,18). The first-order valence-electron chi connectivity index (χ1n) is 5.78. The molecule has 18 heavy (non-hydrogen) atoms. The number of nitrogens with zero attached hydrogens (tertiary/aromatic N) is 4. The average molecular weight is 248 g/mol. The quantitative estimate of drug-likeness (QED) is 0.847. The van der Waals surface area contributed by atoms with Crippen molar-refractivity contribution in [3.63, 3.8) is 0 Å². The van der Waals surface area contributed by atoms with E-state index in [-0.39, 0.29) is 18.0 Å². The number of aromatic nitrogens is 5. The Labute approximate surface area is 105 Å². The van der Waals surface area contributed by atoms with Crippen molar-refractivity contribution >= 4 is 5.91 Å². The van der Waals surface area contributed by atoms with Crippen molar-refractivity contribution in [3.05, 3.63) is 30.1 Å². The summed E-state index contributed by atoms with van der Waals surface area (Å²) in [6, 6.07) is 0.0422. The zero-order valence-electron chi connectivity index (χ0n) is 10.6. The molecule has 0 aliphatic heterocycles. The molecular formula is C11H16N6O. The highest BCUT2D eigenvalue weighted by molar-refractivity contribution is 5.93. The molecule has 2 heterocycles. The van der Waals surface area contributed by atoms with Gasteiger partial charge in [-0.25, -0.2) is 0 Å². The normalized spacial score (nSPS) is 12.7. The molecule has 0 aromatic carbocycles. The lowest BCUT2D eigenvalue weighted by molar-refractivity contribution is 0.0937. The van der Waals surface area contributed by atoms with Crippen LogP contribution in [0.5, 0.6) is 0 Å². The van der Waals surface area contributed by atoms with E-state index in [1.54, 1.807) is 12.5 Å². The van der Waals surface area contributed by atoms with Gasteiger partial charge in [0.1, 0.15) is 6.33 Å². The van der Waals surface area contributed by atoms with E-state index in [2.05, 4.69) is 25.7 Å². The van der Waals surface area contributed by atoms with E-state index in [1.807, 2.05) is 25.3 Å². The Morgan fingerprint density at radius 2 is 2.22 bits per heavy atom. The van der Waals surface area contributed by atoms with Crippen molar-refractivity contribution in [2.75, 3.05) is 0 Å². The summed E-state index contributed by atoms with van der Waals surface area (Å²) in [6.07, 6.45) is 4.70. The lowest BCUT2D eigenvalue weighted by Crippen LogP contribution is -2.28. The Kier molecular flexibility index (Phi) is 3.40. The van der Waals surface area contributed by atoms with Crippen molar-refractivity contribution < 1.29 is 4.79 Å². The summed E-state index contributed by atoms with van der Waals surface area (Å²) in [7, 11) is 0. The molecule has 2 aromatic rings. The lowest BCUT2D eigenvalue weighted by atomic mass is 10.2. The Hall–Kier alpha value is -2.18. The third-order valence-electron chi connectivity index (χ3n) is 2.65. The molecule has 0 saturated carbocycles. The van der Waals surface area contributed by atoms with Gasteiger partial charge in [0.05, 0.1) is 17.8 Å². The van der Waals surface area contributed by atoms with Gasteiger partial charge < -0.3 is 9.88 Å². The van der Waals surface area contributed by atoms with Gasteiger partial charge in [0.25, 0.3) is 5.91 Å². The van der Waals surface area contributed by atoms with Gasteiger partial charge in [0, 0.05) is 12.2 Å². The Morgan fingerprint density at radius 1 is 1.44 bits per heavy atom. The van der Waals surface area contributed by atoms with Crippen molar-refractivity contribution in [2.45, 2.75) is 32.9 Å². The first-order chi connectivity index (χ1) is 8.59. The number of hydrogen-bond donors (Lipinski definition) is 2. The molecule has 0 aliphatic rings. The van der Waals surface area contributed by atoms with E-state index < -0.39 is 0 Å². The predicted molar refractivity (Wildman–Crippen MR) is 64.9 cm³/mol. The topological polar surface area (TPSA) is 88.5 Å². The van der Waals surface area contributed by atoms with Crippen molar-refractivity contribution in [3.8, 4) is 0 Å². The zero-order chi connectivity index (χ0) is 13.1. The van der Waals surface area contributed by atoms with Crippen LogP contribution in [0.15, 0.2) is 18.7 Å². The van der Waals surface area contributed by atoms with Crippen LogP contribution in [-0.4, -0.2) is 30.9 Å². The molecule has 0 radical (unpaired) electrons. The smallest absolute Gasteiger partial charge is 0.255 e. The molecule has 1 unspecified atom stereocenters. The van der Waals surface area contributed by atoms with Crippen molar-refractivity contribution in [1.29, 1.82) is 0 Å². The van der Waals surface area contributed by atoms with Crippen molar-refractivity contribution in [2.24, 2.45) is 0 Å². The molecule has 96 valence electrons. The maximum atomic E-state index is 11.9. The van der Waals surface area contributed by atoms with E-state index in [0.717, 1.165) is 5.82 Å². The van der Waals surface area contributed by atoms with E-state index in [9.17, 15) is 4.79 Å². The highest BCUT2D eigenvalue weighted by atomic mass is 16.1. The second-order valence-electron chi connectivity index (χ2n) is 4.37. The number of aromatic amines is 1. The summed E-state index contributed by atoms with van der Waals surface area (Å²) in [4.78, 5) is 11.9. The number of rotatable bonds is 4. The van der Waals surface area contributed by atoms with Crippen LogP contribution in [0.25, 0.3) is 0 Å². The van der Waals surface area contributed by atoms with Gasteiger partial charge in [0.15, 0.2) is 5.82 Å². The molecule has 0 bridgehead atoms. The summed E-state index contributed by atoms with van der Waals surface area (Å²) in [5.41, 5.74) is 0.498. The average Bonchev–Trinajstić information content (AvgIpc) is 3.00. The largest absolute Gasteiger partial charge is 0.342 e. The van der Waals surface area contributed by atoms with Crippen molar-refractivity contribution in [1.82, 2.24) is 30.3 Å². The molecule has 1 amide bonds. The maximum Gasteiger partial charge on any atom is 0.255 e. The lowest BCUT2D eigenvalue weighted by Gasteiger charge is -2.16. The monoisotopic (exact) mass is 248 g/mol. The van der Waals surface area contributed by atoms with Crippen LogP contribution in [0, 0.1) is 0 Å². The van der Waals surface area contributed by atoms with Gasteiger partial charge in [0.2, 0.25) is 0 Å². The van der Waals surface area contributed by atoms with Crippen LogP contribution >= 0.6 is 0 Å². The van der Waals surface area contributed by atoms with Crippen LogP contribution in [0.2, 0.25) is 0 Å². The van der Waals surface area contributed by atoms with Gasteiger partial charge in [-0.1, -0.05) is 0 Å². The maximum absolute atomic E-state index is 11.9. The molecule has 0 aliphatic carbocycles. The van der Waals surface area contributed by atoms with E-state index in [4.69, 9.17) is 0 Å². The highest BCUT2D eigenvalue weighted by Crippen LogP contribution is 2.14. The first-order valence-corrected chi connectivity index (χ1v) is 5.78. The van der Waals surface area contributed by atoms with Crippen LogP contribution in [0.1, 0.15) is 49.0 Å². The molecule has 7 heteroatoms. The third-order valence-corrected chi connectivity index (χ3v) is 2.65. The zero-order valence-corrected chi connectivity index (χ0v) is 10.6. The molecule has 2 aromatic heterocycles. The third kappa shape index (κ3) is 2.39. The van der Waals surface area contributed by atoms with E-state index in [1.165, 1.54) is 6.20 Å². The Morgan fingerprint density at radius 3 is 2.83 bits per heavy atom. The Bertz CT molecular complexity index is 515. The van der Waals surface area contributed by atoms with Gasteiger partial charge in [-0.3, -0.25) is 9.89 Å². The molecule has 0 saturated heterocycles. The fourth-order valence-electron chi connectivity index (χ4n) is 1.68. The summed E-state index contributed by atoms with van der Waals surface area (Å²) in [5.74, 6) is 0.552. The molecule has 7 nitrogen and oxygen atoms in total. The van der Waals surface area contributed by atoms with Gasteiger partial charge in [-0.2, -0.15) is 5.10 Å². The number of amides is 1. The SMILES string of the molecule is CC(NC(=O)c1cn[nH]c1)c1nncn1C(C)C. The van der Waals surface area contributed by atoms with Crippen LogP contribution in [0.4, 0.5) is 0 Å². The van der Waals surface area contributed by atoms with Gasteiger partial charge >= 0.3 is 0 Å². The number of carbonyl (C=O) groups excluding carboxylic acids is 1. The number of nitrogens with one attached hydrogen (secondary N) is 2. The number of H-pyrrole nitrogens is 1. The molecule has 0 fully saturated rings. The molecular weight excluding hydrogens is 232 g/mol. The highest BCUT2D eigenvalue weighted by Gasteiger charge is 2.18. The number of hydrogen-bond acceptors (Lipinski definition) is 4. The molecule has 0 spiro atoms. The van der Waals surface area contributed by atoms with E-state index >= 15 is 0 Å². The summed E-state index contributed by atoms with van der Waals surface area (Å²) >= 11 is 0. The van der Waals surface area contributed by atoms with Gasteiger partial charge in [-0.05, 0) is 20.8 Å². The summed E-state index contributed by atoms with van der Waals surface area (Å²) in [6.45, 7) is 5.95. The van der Waals surface area contributed by atoms with Crippen LogP contribution in [-0.2, 0) is 0 Å². The second kappa shape index (κ2) is 4.99. The van der Waals surface area contributed by atoms with Gasteiger partial charge in [-0.15, -0.1) is 10.2 Å². The second-order valence-corrected chi connectivity index (χ2v) is 4.37. The fraction of sp³-hybridized carbons (Fsp3) is 0.455. The molecule has 2 rings (SSSR count). The minimum atomic E-state index is -0.211. The minimum Gasteiger partial charge on any atom is -0.342 e. The van der Waals surface area contributed by atoms with Crippen LogP contribution < -0.4 is 5.32 Å². The molecule has 1 atom stereocenters. The fourth-order valence-corrected chi connectivity index (χ4v) is 1.68.